The highest BCUT2D eigenvalue weighted by Gasteiger charge is 2.14. The first kappa shape index (κ1) is 12.4. The Labute approximate surface area is 82.6 Å². The van der Waals surface area contributed by atoms with Crippen molar-refractivity contribution in [3.63, 3.8) is 0 Å². The van der Waals surface area contributed by atoms with Gasteiger partial charge < -0.3 is 11.1 Å². The summed E-state index contributed by atoms with van der Waals surface area (Å²) in [5.74, 6) is 0.562. The molecule has 0 spiro atoms. The Balaban J connectivity index is 3.94. The van der Waals surface area contributed by atoms with Gasteiger partial charge in [0.15, 0.2) is 5.78 Å². The number of nitrogens with one attached hydrogen (secondary N) is 1. The third-order valence-corrected chi connectivity index (χ3v) is 2.27. The molecule has 0 rings (SSSR count). The molecular formula is C8H16N2O2S. The maximum absolute atomic E-state index is 11.0. The highest BCUT2D eigenvalue weighted by atomic mass is 32.2. The van der Waals surface area contributed by atoms with Crippen molar-refractivity contribution in [2.24, 2.45) is 5.73 Å². The molecule has 4 nitrogen and oxygen atoms in total. The third-order valence-electron chi connectivity index (χ3n) is 1.62. The molecule has 5 heteroatoms. The monoisotopic (exact) mass is 204 g/mol. The summed E-state index contributed by atoms with van der Waals surface area (Å²) in [6, 6.07) is -0.372. The van der Waals surface area contributed by atoms with Gasteiger partial charge in [0.25, 0.3) is 0 Å². The molecular weight excluding hydrogens is 188 g/mol. The predicted octanol–water partition coefficient (Wildman–Crippen LogP) is -0.228. The van der Waals surface area contributed by atoms with Crippen LogP contribution in [0.25, 0.3) is 0 Å². The van der Waals surface area contributed by atoms with Gasteiger partial charge in [0, 0.05) is 0 Å². The molecule has 0 aliphatic carbocycles. The van der Waals surface area contributed by atoms with E-state index in [4.69, 9.17) is 5.73 Å². The van der Waals surface area contributed by atoms with E-state index in [2.05, 4.69) is 5.32 Å². The molecule has 1 atom stereocenters. The lowest BCUT2D eigenvalue weighted by Crippen LogP contribution is -2.43. The third kappa shape index (κ3) is 5.65. The second-order valence-electron chi connectivity index (χ2n) is 2.72. The minimum atomic E-state index is -0.372. The first-order chi connectivity index (χ1) is 6.11. The maximum Gasteiger partial charge on any atom is 0.234 e. The molecule has 0 saturated heterocycles. The zero-order chi connectivity index (χ0) is 10.3. The van der Waals surface area contributed by atoms with Gasteiger partial charge in [0.2, 0.25) is 5.91 Å². The zero-order valence-electron chi connectivity index (χ0n) is 8.00. The molecule has 0 aliphatic heterocycles. The Morgan fingerprint density at radius 3 is 2.54 bits per heavy atom. The van der Waals surface area contributed by atoms with E-state index in [0.29, 0.717) is 6.42 Å². The lowest BCUT2D eigenvalue weighted by Gasteiger charge is -2.14. The van der Waals surface area contributed by atoms with E-state index in [9.17, 15) is 9.59 Å². The average molecular weight is 204 g/mol. The van der Waals surface area contributed by atoms with Crippen LogP contribution in [-0.4, -0.2) is 36.3 Å². The highest BCUT2D eigenvalue weighted by molar-refractivity contribution is 7.98. The van der Waals surface area contributed by atoms with Crippen LogP contribution in [0.3, 0.4) is 0 Å². The van der Waals surface area contributed by atoms with E-state index in [1.54, 1.807) is 11.8 Å². The second-order valence-corrected chi connectivity index (χ2v) is 3.70. The summed E-state index contributed by atoms with van der Waals surface area (Å²) in [4.78, 5) is 21.9. The summed E-state index contributed by atoms with van der Waals surface area (Å²) >= 11 is 1.65. The van der Waals surface area contributed by atoms with E-state index >= 15 is 0 Å². The van der Waals surface area contributed by atoms with Crippen LogP contribution in [0.4, 0.5) is 0 Å². The summed E-state index contributed by atoms with van der Waals surface area (Å²) in [6.07, 6.45) is 2.63. The first-order valence-electron chi connectivity index (χ1n) is 4.10. The molecule has 0 aliphatic rings. The Morgan fingerprint density at radius 1 is 1.54 bits per heavy atom. The molecule has 1 unspecified atom stereocenters. The molecule has 0 radical (unpaired) electrons. The smallest absolute Gasteiger partial charge is 0.234 e. The maximum atomic E-state index is 11.0. The van der Waals surface area contributed by atoms with Crippen molar-refractivity contribution in [1.29, 1.82) is 0 Å². The van der Waals surface area contributed by atoms with Crippen LogP contribution in [0.15, 0.2) is 0 Å². The summed E-state index contributed by atoms with van der Waals surface area (Å²) in [5.41, 5.74) is 5.12. The molecule has 13 heavy (non-hydrogen) atoms. The molecule has 0 aromatic carbocycles. The van der Waals surface area contributed by atoms with E-state index in [1.165, 1.54) is 6.92 Å². The van der Waals surface area contributed by atoms with Gasteiger partial charge in [-0.3, -0.25) is 9.59 Å². The Morgan fingerprint density at radius 2 is 2.15 bits per heavy atom. The summed E-state index contributed by atoms with van der Waals surface area (Å²) in [7, 11) is 0. The zero-order valence-corrected chi connectivity index (χ0v) is 8.82. The van der Waals surface area contributed by atoms with Crippen molar-refractivity contribution in [3.05, 3.63) is 0 Å². The van der Waals surface area contributed by atoms with Gasteiger partial charge in [0.05, 0.1) is 12.6 Å². The fourth-order valence-corrected chi connectivity index (χ4v) is 1.34. The van der Waals surface area contributed by atoms with E-state index in [0.717, 1.165) is 5.75 Å². The minimum Gasteiger partial charge on any atom is -0.345 e. The fraction of sp³-hybridized carbons (Fsp3) is 0.750. The van der Waals surface area contributed by atoms with Crippen LogP contribution in [0.1, 0.15) is 13.3 Å². The van der Waals surface area contributed by atoms with Gasteiger partial charge in [-0.1, -0.05) is 0 Å². The minimum absolute atomic E-state index is 0.0177. The summed E-state index contributed by atoms with van der Waals surface area (Å²) in [5, 5.41) is 2.57. The molecule has 0 fully saturated rings. The summed E-state index contributed by atoms with van der Waals surface area (Å²) < 4.78 is 0. The average Bonchev–Trinajstić information content (AvgIpc) is 2.11. The second kappa shape index (κ2) is 6.91. The largest absolute Gasteiger partial charge is 0.345 e. The number of Topliss-reactive ketones (excluding diaryl/α,β-unsaturated/α-hetero) is 1. The molecule has 3 N–H and O–H groups in total. The van der Waals surface area contributed by atoms with Gasteiger partial charge in [-0.15, -0.1) is 0 Å². The van der Waals surface area contributed by atoms with Gasteiger partial charge in [0.1, 0.15) is 0 Å². The number of rotatable bonds is 6. The van der Waals surface area contributed by atoms with Gasteiger partial charge in [-0.2, -0.15) is 11.8 Å². The number of nitrogens with two attached hydrogens (primary N) is 1. The first-order valence-corrected chi connectivity index (χ1v) is 5.50. The van der Waals surface area contributed by atoms with Crippen molar-refractivity contribution in [3.8, 4) is 0 Å². The number of amides is 1. The predicted molar refractivity (Wildman–Crippen MR) is 54.7 cm³/mol. The van der Waals surface area contributed by atoms with Gasteiger partial charge >= 0.3 is 0 Å². The van der Waals surface area contributed by atoms with E-state index in [-0.39, 0.29) is 24.3 Å². The topological polar surface area (TPSA) is 72.2 Å². The van der Waals surface area contributed by atoms with Crippen LogP contribution in [0.5, 0.6) is 0 Å². The van der Waals surface area contributed by atoms with Crippen LogP contribution in [0, 0.1) is 0 Å². The van der Waals surface area contributed by atoms with Crippen LogP contribution in [-0.2, 0) is 9.59 Å². The number of carbonyl (C=O) groups excluding carboxylic acids is 2. The van der Waals surface area contributed by atoms with Crippen molar-refractivity contribution in [2.45, 2.75) is 19.4 Å². The Kier molecular flexibility index (Phi) is 6.62. The standard InChI is InChI=1S/C8H16N2O2S/c1-6(11)7(3-4-13-2)10-8(12)5-9/h7H,3-5,9H2,1-2H3,(H,10,12). The van der Waals surface area contributed by atoms with Crippen LogP contribution in [0.2, 0.25) is 0 Å². The SMILES string of the molecule is CSCCC(NC(=O)CN)C(C)=O. The molecule has 0 aromatic heterocycles. The number of hydrogen-bond donors (Lipinski definition) is 2. The van der Waals surface area contributed by atoms with Crippen molar-refractivity contribution >= 4 is 23.5 Å². The van der Waals surface area contributed by atoms with Gasteiger partial charge in [-0.25, -0.2) is 0 Å². The lowest BCUT2D eigenvalue weighted by molar-refractivity contribution is -0.126. The molecule has 0 aromatic rings. The fourth-order valence-electron chi connectivity index (χ4n) is 0.866. The molecule has 0 saturated carbocycles. The van der Waals surface area contributed by atoms with E-state index < -0.39 is 0 Å². The number of carbonyl (C=O) groups is 2. The summed E-state index contributed by atoms with van der Waals surface area (Å²) in [6.45, 7) is 1.41. The van der Waals surface area contributed by atoms with Crippen LogP contribution >= 0.6 is 11.8 Å². The molecule has 0 bridgehead atoms. The number of ketones is 1. The highest BCUT2D eigenvalue weighted by Crippen LogP contribution is 2.01. The molecule has 1 amide bonds. The van der Waals surface area contributed by atoms with Gasteiger partial charge in [-0.05, 0) is 25.4 Å². The Bertz CT molecular complexity index is 185. The Hall–Kier alpha value is -0.550. The van der Waals surface area contributed by atoms with Crippen LogP contribution < -0.4 is 11.1 Å². The van der Waals surface area contributed by atoms with Crippen molar-refractivity contribution < 1.29 is 9.59 Å². The molecule has 76 valence electrons. The van der Waals surface area contributed by atoms with Crippen molar-refractivity contribution in [2.75, 3.05) is 18.6 Å². The molecule has 0 heterocycles. The number of hydrogen-bond acceptors (Lipinski definition) is 4. The number of thioether (sulfide) groups is 1. The van der Waals surface area contributed by atoms with E-state index in [1.807, 2.05) is 6.26 Å². The normalized spacial score (nSPS) is 12.2. The lowest BCUT2D eigenvalue weighted by atomic mass is 10.1. The van der Waals surface area contributed by atoms with Crippen molar-refractivity contribution in [1.82, 2.24) is 5.32 Å². The quantitative estimate of drug-likeness (QED) is 0.627.